The first-order chi connectivity index (χ1) is 19.7. The molecular formula is C38H51IO3. The zero-order valence-corrected chi connectivity index (χ0v) is 29.1. The van der Waals surface area contributed by atoms with Crippen LogP contribution in [0.1, 0.15) is 105 Å². The van der Waals surface area contributed by atoms with Gasteiger partial charge in [0, 0.05) is 8.99 Å². The third-order valence-corrected chi connectivity index (χ3v) is 15.1. The van der Waals surface area contributed by atoms with E-state index in [1.165, 1.54) is 22.0 Å². The Kier molecular flexibility index (Phi) is 7.31. The van der Waals surface area contributed by atoms with Crippen molar-refractivity contribution in [2.75, 3.05) is 7.11 Å². The number of ether oxygens (including phenoxy) is 1. The van der Waals surface area contributed by atoms with Crippen molar-refractivity contribution in [2.45, 2.75) is 99.3 Å². The van der Waals surface area contributed by atoms with Gasteiger partial charge in [0.1, 0.15) is 0 Å². The molecule has 1 aromatic carbocycles. The molecule has 0 aliphatic heterocycles. The number of benzene rings is 1. The van der Waals surface area contributed by atoms with Crippen LogP contribution in [0.2, 0.25) is 0 Å². The number of hydrogen-bond acceptors (Lipinski definition) is 3. The molecule has 0 heterocycles. The highest BCUT2D eigenvalue weighted by Crippen LogP contribution is 2.77. The van der Waals surface area contributed by atoms with Gasteiger partial charge in [-0.15, -0.1) is 0 Å². The normalized spacial score (nSPS) is 44.9. The van der Waals surface area contributed by atoms with E-state index in [2.05, 4.69) is 101 Å². The summed E-state index contributed by atoms with van der Waals surface area (Å²) in [4.78, 5) is 27.6. The fourth-order valence-corrected chi connectivity index (χ4v) is 13.0. The fraction of sp³-hybridized carbons (Fsp3) is 0.684. The summed E-state index contributed by atoms with van der Waals surface area (Å²) in [5, 5.41) is 0. The van der Waals surface area contributed by atoms with Gasteiger partial charge in [-0.3, -0.25) is 9.59 Å². The van der Waals surface area contributed by atoms with Crippen LogP contribution in [0.15, 0.2) is 42.0 Å². The van der Waals surface area contributed by atoms with Crippen molar-refractivity contribution < 1.29 is 14.3 Å². The van der Waals surface area contributed by atoms with Crippen LogP contribution in [0.4, 0.5) is 0 Å². The van der Waals surface area contributed by atoms with Gasteiger partial charge < -0.3 is 4.74 Å². The molecule has 0 radical (unpaired) electrons. The molecule has 228 valence electrons. The molecular weight excluding hydrogens is 631 g/mol. The molecule has 0 bridgehead atoms. The Hall–Kier alpha value is -1.43. The Labute approximate surface area is 267 Å². The van der Waals surface area contributed by atoms with E-state index in [1.807, 2.05) is 0 Å². The second-order valence-electron chi connectivity index (χ2n) is 16.3. The monoisotopic (exact) mass is 682 g/mol. The van der Waals surface area contributed by atoms with Gasteiger partial charge in [0.25, 0.3) is 0 Å². The van der Waals surface area contributed by atoms with Crippen molar-refractivity contribution in [2.24, 2.45) is 56.7 Å². The lowest BCUT2D eigenvalue weighted by atomic mass is 9.32. The van der Waals surface area contributed by atoms with Gasteiger partial charge in [0.05, 0.1) is 12.5 Å². The van der Waals surface area contributed by atoms with Crippen LogP contribution < -0.4 is 0 Å². The van der Waals surface area contributed by atoms with Crippen LogP contribution in [-0.2, 0) is 14.3 Å². The lowest BCUT2D eigenvalue weighted by Gasteiger charge is -2.72. The molecule has 5 aliphatic carbocycles. The van der Waals surface area contributed by atoms with Gasteiger partial charge in [-0.2, -0.15) is 0 Å². The summed E-state index contributed by atoms with van der Waals surface area (Å²) >= 11 is 2.36. The minimum atomic E-state index is -0.372. The number of hydrogen-bond donors (Lipinski definition) is 0. The smallest absolute Gasteiger partial charge is 0.312 e. The third-order valence-electron chi connectivity index (χ3n) is 14.4. The number of fused-ring (bicyclic) bond motifs is 7. The number of esters is 1. The zero-order chi connectivity index (χ0) is 30.5. The maximum Gasteiger partial charge on any atom is 0.312 e. The zero-order valence-electron chi connectivity index (χ0n) is 26.9. The molecule has 5 aliphatic rings. The summed E-state index contributed by atoms with van der Waals surface area (Å²) in [5.74, 6) is 2.53. The van der Waals surface area contributed by atoms with E-state index in [0.717, 1.165) is 56.1 Å². The summed E-state index contributed by atoms with van der Waals surface area (Å²) in [6.07, 6.45) is 11.7. The van der Waals surface area contributed by atoms with E-state index < -0.39 is 0 Å². The minimum Gasteiger partial charge on any atom is -0.469 e. The molecule has 0 N–H and O–H groups in total. The number of rotatable bonds is 3. The van der Waals surface area contributed by atoms with Gasteiger partial charge in [0.2, 0.25) is 0 Å². The summed E-state index contributed by atoms with van der Waals surface area (Å²) in [6, 6.07) is 8.53. The summed E-state index contributed by atoms with van der Waals surface area (Å²) in [7, 11) is 1.59. The third kappa shape index (κ3) is 4.01. The average molecular weight is 683 g/mol. The van der Waals surface area contributed by atoms with Crippen molar-refractivity contribution in [1.29, 1.82) is 0 Å². The van der Waals surface area contributed by atoms with E-state index in [0.29, 0.717) is 35.4 Å². The number of methoxy groups -OCH3 is 1. The molecule has 0 amide bonds. The first-order valence-electron chi connectivity index (χ1n) is 16.4. The molecule has 0 aromatic heterocycles. The summed E-state index contributed by atoms with van der Waals surface area (Å²) < 4.78 is 6.75. The van der Waals surface area contributed by atoms with E-state index in [4.69, 9.17) is 4.74 Å². The van der Waals surface area contributed by atoms with Crippen LogP contribution in [0.3, 0.4) is 0 Å². The predicted molar refractivity (Wildman–Crippen MR) is 179 cm³/mol. The fourth-order valence-electron chi connectivity index (χ4n) is 12.5. The molecule has 3 nitrogen and oxygen atoms in total. The van der Waals surface area contributed by atoms with Crippen molar-refractivity contribution >= 4 is 40.4 Å². The SMILES string of the molecule is C=C(C)[C@H]1CC[C@@]2(C(=O)OC)CC[C@]3(C)[C@H](CC[C@H]4[C@@]5(C)C/C(=C\c6cccc(I)c6)C(=O)C(C)(C)[C@H]5CC[C@@]43C)[C@@H]12. The Morgan fingerprint density at radius 1 is 0.976 bits per heavy atom. The topological polar surface area (TPSA) is 43.4 Å². The lowest BCUT2D eigenvalue weighted by molar-refractivity contribution is -0.232. The molecule has 4 heteroatoms. The molecule has 42 heavy (non-hydrogen) atoms. The first kappa shape index (κ1) is 30.6. The highest BCUT2D eigenvalue weighted by Gasteiger charge is 2.72. The molecule has 0 unspecified atom stereocenters. The molecule has 5 fully saturated rings. The van der Waals surface area contributed by atoms with Crippen molar-refractivity contribution in [3.63, 3.8) is 0 Å². The Morgan fingerprint density at radius 3 is 2.38 bits per heavy atom. The summed E-state index contributed by atoms with van der Waals surface area (Å²) in [6.45, 7) is 18.9. The number of Topliss-reactive ketones (excluding diaryl/α,β-unsaturated/α-hetero) is 1. The predicted octanol–water partition coefficient (Wildman–Crippen LogP) is 9.68. The quantitative estimate of drug-likeness (QED) is 0.138. The molecule has 6 rings (SSSR count). The molecule has 0 spiro atoms. The van der Waals surface area contributed by atoms with E-state index in [9.17, 15) is 9.59 Å². The number of allylic oxidation sites excluding steroid dienone is 2. The van der Waals surface area contributed by atoms with Crippen molar-refractivity contribution in [1.82, 2.24) is 0 Å². The highest BCUT2D eigenvalue weighted by atomic mass is 127. The van der Waals surface area contributed by atoms with Gasteiger partial charge in [-0.25, -0.2) is 0 Å². The van der Waals surface area contributed by atoms with Crippen LogP contribution in [-0.4, -0.2) is 18.9 Å². The van der Waals surface area contributed by atoms with Gasteiger partial charge >= 0.3 is 5.97 Å². The maximum absolute atomic E-state index is 14.1. The van der Waals surface area contributed by atoms with E-state index in [-0.39, 0.29) is 33.0 Å². The maximum atomic E-state index is 14.1. The van der Waals surface area contributed by atoms with E-state index in [1.54, 1.807) is 7.11 Å². The van der Waals surface area contributed by atoms with Crippen LogP contribution in [0, 0.1) is 60.2 Å². The van der Waals surface area contributed by atoms with Gasteiger partial charge in [-0.05, 0) is 162 Å². The second kappa shape index (κ2) is 10.0. The number of carbonyl (C=O) groups is 2. The lowest BCUT2D eigenvalue weighted by Crippen LogP contribution is -2.67. The Balaban J connectivity index is 1.42. The molecule has 5 saturated carbocycles. The number of carbonyl (C=O) groups excluding carboxylic acids is 2. The van der Waals surface area contributed by atoms with Crippen molar-refractivity contribution in [3.05, 3.63) is 51.1 Å². The van der Waals surface area contributed by atoms with E-state index >= 15 is 0 Å². The molecule has 0 saturated heterocycles. The minimum absolute atomic E-state index is 0.0270. The Morgan fingerprint density at radius 2 is 1.71 bits per heavy atom. The molecule has 1 aromatic rings. The summed E-state index contributed by atoms with van der Waals surface area (Å²) in [5.41, 5.74) is 3.05. The van der Waals surface area contributed by atoms with Crippen LogP contribution >= 0.6 is 22.6 Å². The van der Waals surface area contributed by atoms with Gasteiger partial charge in [0.15, 0.2) is 5.78 Å². The van der Waals surface area contributed by atoms with Gasteiger partial charge in [-0.1, -0.05) is 58.9 Å². The average Bonchev–Trinajstić information content (AvgIpc) is 3.33. The Bertz CT molecular complexity index is 1360. The van der Waals surface area contributed by atoms with Crippen LogP contribution in [0.5, 0.6) is 0 Å². The first-order valence-corrected chi connectivity index (χ1v) is 17.5. The largest absolute Gasteiger partial charge is 0.469 e. The second-order valence-corrected chi connectivity index (χ2v) is 17.5. The number of halogens is 1. The highest BCUT2D eigenvalue weighted by molar-refractivity contribution is 14.1. The van der Waals surface area contributed by atoms with Crippen molar-refractivity contribution in [3.8, 4) is 0 Å². The van der Waals surface area contributed by atoms with Crippen LogP contribution in [0.25, 0.3) is 6.08 Å². The number of ketones is 1. The standard InChI is InChI=1S/C38H51IO3/c1-23(2)27-14-17-38(33(41)42-8)19-18-36(6)28(31(27)38)12-13-30-35(5)22-25(20-24-10-9-11-26(39)21-24)32(40)34(3,4)29(35)15-16-37(30,36)7/h9-11,20-21,27-31H,1,12-19,22H2,2-8H3/b25-20+/t27-,28-,29-,30+,31-,35+,36-,37+,38-/m1/s1. The molecule has 9 atom stereocenters.